The second-order valence-electron chi connectivity index (χ2n) is 6.69. The number of rotatable bonds is 9. The van der Waals surface area contributed by atoms with Crippen LogP contribution in [0.1, 0.15) is 34.4 Å². The van der Waals surface area contributed by atoms with Crippen LogP contribution in [0.5, 0.6) is 11.5 Å². The Balaban J connectivity index is 1.54. The number of nitrogens with zero attached hydrogens (tertiary/aromatic N) is 2. The molecule has 0 fully saturated rings. The van der Waals surface area contributed by atoms with Crippen LogP contribution in [0.2, 0.25) is 0 Å². The molecule has 0 amide bonds. The predicted molar refractivity (Wildman–Crippen MR) is 108 cm³/mol. The molecular weight excluding hydrogens is 388 g/mol. The minimum Gasteiger partial charge on any atom is -0.494 e. The monoisotopic (exact) mass is 412 g/mol. The first-order chi connectivity index (χ1) is 14.4. The Bertz CT molecular complexity index is 1030. The lowest BCUT2D eigenvalue weighted by Gasteiger charge is -2.08. The summed E-state index contributed by atoms with van der Waals surface area (Å²) in [4.78, 5) is 24.5. The first-order valence-corrected chi connectivity index (χ1v) is 9.56. The first kappa shape index (κ1) is 21.2. The molecule has 8 heteroatoms. The lowest BCUT2D eigenvalue weighted by atomic mass is 10.1. The maximum atomic E-state index is 12.6. The molecule has 2 heterocycles. The van der Waals surface area contributed by atoms with Crippen molar-refractivity contribution in [2.45, 2.75) is 27.7 Å². The third-order valence-electron chi connectivity index (χ3n) is 4.43. The summed E-state index contributed by atoms with van der Waals surface area (Å²) < 4.78 is 22.7. The number of ketones is 1. The Morgan fingerprint density at radius 1 is 1.00 bits per heavy atom. The van der Waals surface area contributed by atoms with Gasteiger partial charge in [0.05, 0.1) is 6.61 Å². The molecule has 0 saturated carbocycles. The minimum absolute atomic E-state index is 0.293. The largest absolute Gasteiger partial charge is 0.494 e. The summed E-state index contributed by atoms with van der Waals surface area (Å²) in [5.41, 5.74) is 2.00. The number of ether oxygens (including phenoxy) is 3. The molecule has 3 aromatic rings. The van der Waals surface area contributed by atoms with Crippen molar-refractivity contribution < 1.29 is 28.3 Å². The van der Waals surface area contributed by atoms with Gasteiger partial charge in [-0.1, -0.05) is 5.16 Å². The topological polar surface area (TPSA) is 92.8 Å². The number of hydrogen-bond donors (Lipinski definition) is 0. The minimum atomic E-state index is -0.627. The van der Waals surface area contributed by atoms with Crippen LogP contribution in [0.3, 0.4) is 0 Å². The Morgan fingerprint density at radius 3 is 2.27 bits per heavy atom. The van der Waals surface area contributed by atoms with Crippen LogP contribution in [0.25, 0.3) is 5.82 Å². The summed E-state index contributed by atoms with van der Waals surface area (Å²) in [6.45, 7) is 7.28. The summed E-state index contributed by atoms with van der Waals surface area (Å²) in [5.74, 6) is 1.57. The van der Waals surface area contributed by atoms with E-state index < -0.39 is 5.97 Å². The van der Waals surface area contributed by atoms with E-state index in [0.717, 1.165) is 11.4 Å². The van der Waals surface area contributed by atoms with E-state index in [9.17, 15) is 9.59 Å². The standard InChI is InChI=1S/C22H24N2O6/c1-5-27-17-6-8-18(9-7-17)28-13-22(26)29-12-20(25)19-10-14(2)24(16(19)4)21-11-15(3)30-23-21/h6-11H,5,12-13H2,1-4H3. The van der Waals surface area contributed by atoms with Gasteiger partial charge in [0.1, 0.15) is 17.3 Å². The number of hydrogen-bond acceptors (Lipinski definition) is 7. The highest BCUT2D eigenvalue weighted by atomic mass is 16.6. The molecule has 158 valence electrons. The average Bonchev–Trinajstić information content (AvgIpc) is 3.27. The summed E-state index contributed by atoms with van der Waals surface area (Å²) in [5, 5.41) is 3.99. The van der Waals surface area contributed by atoms with Crippen LogP contribution >= 0.6 is 0 Å². The van der Waals surface area contributed by atoms with Gasteiger partial charge < -0.3 is 18.7 Å². The number of aromatic nitrogens is 2. The van der Waals surface area contributed by atoms with E-state index in [1.807, 2.05) is 18.4 Å². The summed E-state index contributed by atoms with van der Waals surface area (Å²) in [6, 6.07) is 10.4. The smallest absolute Gasteiger partial charge is 0.344 e. The first-order valence-electron chi connectivity index (χ1n) is 9.56. The van der Waals surface area contributed by atoms with Gasteiger partial charge in [-0.05, 0) is 58.0 Å². The molecule has 0 saturated heterocycles. The molecule has 0 aliphatic heterocycles. The van der Waals surface area contributed by atoms with Gasteiger partial charge in [-0.15, -0.1) is 0 Å². The van der Waals surface area contributed by atoms with Crippen molar-refractivity contribution >= 4 is 11.8 Å². The number of Topliss-reactive ketones (excluding diaryl/α,β-unsaturated/α-hetero) is 1. The zero-order valence-electron chi connectivity index (χ0n) is 17.4. The summed E-state index contributed by atoms with van der Waals surface area (Å²) in [6.07, 6.45) is 0. The van der Waals surface area contributed by atoms with Crippen molar-refractivity contribution in [2.24, 2.45) is 0 Å². The number of carbonyl (C=O) groups excluding carboxylic acids is 2. The maximum Gasteiger partial charge on any atom is 0.344 e. The van der Waals surface area contributed by atoms with E-state index in [4.69, 9.17) is 18.7 Å². The lowest BCUT2D eigenvalue weighted by Crippen LogP contribution is -2.19. The van der Waals surface area contributed by atoms with E-state index >= 15 is 0 Å². The van der Waals surface area contributed by atoms with Gasteiger partial charge in [-0.25, -0.2) is 4.79 Å². The Labute approximate surface area is 174 Å². The highest BCUT2D eigenvalue weighted by Gasteiger charge is 2.19. The van der Waals surface area contributed by atoms with Gasteiger partial charge >= 0.3 is 5.97 Å². The van der Waals surface area contributed by atoms with Crippen molar-refractivity contribution in [1.29, 1.82) is 0 Å². The average molecular weight is 412 g/mol. The molecule has 0 spiro atoms. The molecule has 0 unspecified atom stereocenters. The fraction of sp³-hybridized carbons (Fsp3) is 0.318. The van der Waals surface area contributed by atoms with Crippen molar-refractivity contribution in [3.8, 4) is 17.3 Å². The fourth-order valence-electron chi connectivity index (χ4n) is 3.06. The zero-order valence-corrected chi connectivity index (χ0v) is 17.4. The summed E-state index contributed by atoms with van der Waals surface area (Å²) in [7, 11) is 0. The normalized spacial score (nSPS) is 10.7. The highest BCUT2D eigenvalue weighted by Crippen LogP contribution is 2.21. The van der Waals surface area contributed by atoms with Crippen molar-refractivity contribution in [3.63, 3.8) is 0 Å². The number of carbonyl (C=O) groups is 2. The number of benzene rings is 1. The van der Waals surface area contributed by atoms with Gasteiger partial charge in [-0.3, -0.25) is 9.36 Å². The molecule has 8 nitrogen and oxygen atoms in total. The molecule has 2 aromatic heterocycles. The van der Waals surface area contributed by atoms with Crippen LogP contribution < -0.4 is 9.47 Å². The lowest BCUT2D eigenvalue weighted by molar-refractivity contribution is -0.144. The Kier molecular flexibility index (Phi) is 6.56. The van der Waals surface area contributed by atoms with Crippen molar-refractivity contribution in [2.75, 3.05) is 19.8 Å². The van der Waals surface area contributed by atoms with Crippen molar-refractivity contribution in [3.05, 3.63) is 59.1 Å². The fourth-order valence-corrected chi connectivity index (χ4v) is 3.06. The van der Waals surface area contributed by atoms with Crippen LogP contribution in [-0.2, 0) is 9.53 Å². The van der Waals surface area contributed by atoms with Crippen molar-refractivity contribution in [1.82, 2.24) is 9.72 Å². The molecule has 0 radical (unpaired) electrons. The van der Waals surface area contributed by atoms with Gasteiger partial charge in [0.2, 0.25) is 5.78 Å². The molecule has 30 heavy (non-hydrogen) atoms. The third-order valence-corrected chi connectivity index (χ3v) is 4.43. The SMILES string of the molecule is CCOc1ccc(OCC(=O)OCC(=O)c2cc(C)n(-c3cc(C)on3)c2C)cc1. The van der Waals surface area contributed by atoms with Gasteiger partial charge in [-0.2, -0.15) is 0 Å². The Morgan fingerprint density at radius 2 is 1.67 bits per heavy atom. The molecule has 0 N–H and O–H groups in total. The van der Waals surface area contributed by atoms with Crippen LogP contribution in [0.4, 0.5) is 0 Å². The van der Waals surface area contributed by atoms with Gasteiger partial charge in [0, 0.05) is 23.0 Å². The quantitative estimate of drug-likeness (QED) is 0.392. The molecule has 1 aromatic carbocycles. The third kappa shape index (κ3) is 4.89. The summed E-state index contributed by atoms with van der Waals surface area (Å²) >= 11 is 0. The number of aryl methyl sites for hydroxylation is 2. The van der Waals surface area contributed by atoms with Crippen LogP contribution in [0.15, 0.2) is 40.9 Å². The maximum absolute atomic E-state index is 12.6. The molecule has 0 bridgehead atoms. The zero-order chi connectivity index (χ0) is 21.7. The van der Waals surface area contributed by atoms with Gasteiger partial charge in [0.15, 0.2) is 19.0 Å². The molecule has 0 aliphatic carbocycles. The molecule has 3 rings (SSSR count). The van der Waals surface area contributed by atoms with E-state index in [-0.39, 0.29) is 19.0 Å². The van der Waals surface area contributed by atoms with Gasteiger partial charge in [0.25, 0.3) is 0 Å². The second-order valence-corrected chi connectivity index (χ2v) is 6.69. The van der Waals surface area contributed by atoms with Crippen LogP contribution in [-0.4, -0.2) is 41.3 Å². The Hall–Kier alpha value is -3.55. The second kappa shape index (κ2) is 9.30. The van der Waals surface area contributed by atoms with E-state index in [0.29, 0.717) is 35.2 Å². The van der Waals surface area contributed by atoms with E-state index in [1.54, 1.807) is 50.2 Å². The molecule has 0 aliphatic rings. The molecular formula is C22H24N2O6. The highest BCUT2D eigenvalue weighted by molar-refractivity contribution is 5.99. The van der Waals surface area contributed by atoms with E-state index in [1.165, 1.54) is 0 Å². The number of esters is 1. The molecule has 0 atom stereocenters. The predicted octanol–water partition coefficient (Wildman–Crippen LogP) is 3.59. The van der Waals surface area contributed by atoms with Crippen LogP contribution in [0, 0.1) is 20.8 Å². The van der Waals surface area contributed by atoms with E-state index in [2.05, 4.69) is 5.16 Å².